The molecule has 1 unspecified atom stereocenters. The zero-order chi connectivity index (χ0) is 7.98. The van der Waals surface area contributed by atoms with E-state index < -0.39 is 0 Å². The number of rotatable bonds is 5. The van der Waals surface area contributed by atoms with E-state index in [0.717, 1.165) is 11.8 Å². The molecule has 0 bridgehead atoms. The fourth-order valence-corrected chi connectivity index (χ4v) is 1.55. The summed E-state index contributed by atoms with van der Waals surface area (Å²) in [6.45, 7) is 10.6. The first-order valence-electron chi connectivity index (χ1n) is 4.37. The van der Waals surface area contributed by atoms with Crippen molar-refractivity contribution >= 4 is 0 Å². The lowest BCUT2D eigenvalue weighted by atomic mass is 9.87. The Labute approximate surface area is 65.3 Å². The van der Waals surface area contributed by atoms with Crippen molar-refractivity contribution in [1.82, 2.24) is 0 Å². The molecule has 10 heavy (non-hydrogen) atoms. The molecule has 0 aromatic rings. The number of hydrogen-bond donors (Lipinski definition) is 0. The van der Waals surface area contributed by atoms with Gasteiger partial charge in [-0.2, -0.15) is 0 Å². The van der Waals surface area contributed by atoms with Gasteiger partial charge in [-0.3, -0.25) is 0 Å². The van der Waals surface area contributed by atoms with Gasteiger partial charge in [0.25, 0.3) is 0 Å². The molecule has 0 aliphatic heterocycles. The van der Waals surface area contributed by atoms with E-state index in [9.17, 15) is 0 Å². The highest BCUT2D eigenvalue weighted by atomic mass is 14.2. The molecule has 0 aromatic carbocycles. The molecule has 0 saturated carbocycles. The van der Waals surface area contributed by atoms with E-state index in [-0.39, 0.29) is 0 Å². The van der Waals surface area contributed by atoms with Crippen LogP contribution in [0.3, 0.4) is 0 Å². The van der Waals surface area contributed by atoms with E-state index in [1.807, 2.05) is 6.08 Å². The Morgan fingerprint density at radius 2 is 1.80 bits per heavy atom. The first-order chi connectivity index (χ1) is 4.76. The summed E-state index contributed by atoms with van der Waals surface area (Å²) >= 11 is 0. The highest BCUT2D eigenvalue weighted by Crippen LogP contribution is 2.21. The molecule has 0 aromatic heterocycles. The second kappa shape index (κ2) is 5.52. The zero-order valence-corrected chi connectivity index (χ0v) is 7.56. The molecule has 0 aliphatic carbocycles. The lowest BCUT2D eigenvalue weighted by Crippen LogP contribution is -2.08. The molecule has 0 rings (SSSR count). The molecule has 0 saturated heterocycles. The molecular formula is C10H20. The van der Waals surface area contributed by atoms with Gasteiger partial charge in [-0.15, -0.1) is 6.58 Å². The minimum absolute atomic E-state index is 0.826. The maximum Gasteiger partial charge on any atom is -0.0325 e. The molecule has 0 heteroatoms. The first kappa shape index (κ1) is 9.74. The normalized spacial score (nSPS) is 13.6. The van der Waals surface area contributed by atoms with Crippen LogP contribution in [0.4, 0.5) is 0 Å². The lowest BCUT2D eigenvalue weighted by Gasteiger charge is -2.19. The molecule has 0 aliphatic rings. The van der Waals surface area contributed by atoms with Gasteiger partial charge < -0.3 is 0 Å². The van der Waals surface area contributed by atoms with E-state index in [4.69, 9.17) is 0 Å². The van der Waals surface area contributed by atoms with Crippen molar-refractivity contribution < 1.29 is 0 Å². The first-order valence-corrected chi connectivity index (χ1v) is 4.37. The fraction of sp³-hybridized carbons (Fsp3) is 0.800. The van der Waals surface area contributed by atoms with E-state index in [1.54, 1.807) is 0 Å². The van der Waals surface area contributed by atoms with Crippen LogP contribution in [0.5, 0.6) is 0 Å². The average molecular weight is 140 g/mol. The van der Waals surface area contributed by atoms with Crippen molar-refractivity contribution in [1.29, 1.82) is 0 Å². The van der Waals surface area contributed by atoms with Crippen molar-refractivity contribution in [2.45, 2.75) is 40.0 Å². The summed E-state index contributed by atoms with van der Waals surface area (Å²) < 4.78 is 0. The minimum Gasteiger partial charge on any atom is -0.103 e. The lowest BCUT2D eigenvalue weighted by molar-refractivity contribution is 0.340. The van der Waals surface area contributed by atoms with E-state index in [0.29, 0.717) is 0 Å². The van der Waals surface area contributed by atoms with Crippen molar-refractivity contribution in [3.8, 4) is 0 Å². The SMILES string of the molecule is C=CCC(C)C(CC)CC. The molecule has 1 atom stereocenters. The molecule has 0 N–H and O–H groups in total. The minimum atomic E-state index is 0.826. The standard InChI is InChI=1S/C10H20/c1-5-8-9(4)10(6-2)7-3/h5,9-10H,1,6-8H2,2-4H3. The highest BCUT2D eigenvalue weighted by Gasteiger charge is 2.10. The van der Waals surface area contributed by atoms with Gasteiger partial charge in [-0.25, -0.2) is 0 Å². The van der Waals surface area contributed by atoms with Crippen LogP contribution in [-0.2, 0) is 0 Å². The van der Waals surface area contributed by atoms with Crippen LogP contribution in [0, 0.1) is 11.8 Å². The van der Waals surface area contributed by atoms with Gasteiger partial charge in [-0.1, -0.05) is 39.7 Å². The second-order valence-electron chi connectivity index (χ2n) is 3.08. The van der Waals surface area contributed by atoms with Gasteiger partial charge in [0, 0.05) is 0 Å². The third-order valence-electron chi connectivity index (χ3n) is 2.39. The van der Waals surface area contributed by atoms with Crippen molar-refractivity contribution in [2.75, 3.05) is 0 Å². The topological polar surface area (TPSA) is 0 Å². The van der Waals surface area contributed by atoms with Crippen LogP contribution < -0.4 is 0 Å². The van der Waals surface area contributed by atoms with E-state index in [2.05, 4.69) is 27.4 Å². The van der Waals surface area contributed by atoms with Crippen LogP contribution in [0.1, 0.15) is 40.0 Å². The Morgan fingerprint density at radius 1 is 1.30 bits per heavy atom. The molecular weight excluding hydrogens is 120 g/mol. The summed E-state index contributed by atoms with van der Waals surface area (Å²) in [5.41, 5.74) is 0. The summed E-state index contributed by atoms with van der Waals surface area (Å²) in [6.07, 6.45) is 5.83. The smallest absolute Gasteiger partial charge is 0.0325 e. The van der Waals surface area contributed by atoms with E-state index >= 15 is 0 Å². The predicted octanol–water partition coefficient (Wildman–Crippen LogP) is 3.63. The molecule has 60 valence electrons. The Hall–Kier alpha value is -0.260. The molecule has 0 radical (unpaired) electrons. The Kier molecular flexibility index (Phi) is 5.38. The van der Waals surface area contributed by atoms with Crippen LogP contribution in [0.2, 0.25) is 0 Å². The fourth-order valence-electron chi connectivity index (χ4n) is 1.55. The maximum atomic E-state index is 3.75. The van der Waals surface area contributed by atoms with Gasteiger partial charge in [0.1, 0.15) is 0 Å². The summed E-state index contributed by atoms with van der Waals surface area (Å²) in [5.74, 6) is 1.73. The average Bonchev–Trinajstić information content (AvgIpc) is 1.91. The third kappa shape index (κ3) is 3.05. The van der Waals surface area contributed by atoms with Crippen LogP contribution >= 0.6 is 0 Å². The summed E-state index contributed by atoms with van der Waals surface area (Å²) in [7, 11) is 0. The summed E-state index contributed by atoms with van der Waals surface area (Å²) in [4.78, 5) is 0. The van der Waals surface area contributed by atoms with E-state index in [1.165, 1.54) is 19.3 Å². The quantitative estimate of drug-likeness (QED) is 0.511. The second-order valence-corrected chi connectivity index (χ2v) is 3.08. The third-order valence-corrected chi connectivity index (χ3v) is 2.39. The van der Waals surface area contributed by atoms with Gasteiger partial charge in [0.2, 0.25) is 0 Å². The van der Waals surface area contributed by atoms with Gasteiger partial charge in [-0.05, 0) is 18.3 Å². The van der Waals surface area contributed by atoms with Crippen LogP contribution in [-0.4, -0.2) is 0 Å². The summed E-state index contributed by atoms with van der Waals surface area (Å²) in [5, 5.41) is 0. The van der Waals surface area contributed by atoms with Crippen molar-refractivity contribution in [2.24, 2.45) is 11.8 Å². The van der Waals surface area contributed by atoms with Gasteiger partial charge >= 0.3 is 0 Å². The van der Waals surface area contributed by atoms with Crippen molar-refractivity contribution in [3.05, 3.63) is 12.7 Å². The maximum absolute atomic E-state index is 3.75. The van der Waals surface area contributed by atoms with Gasteiger partial charge in [0.15, 0.2) is 0 Å². The number of hydrogen-bond acceptors (Lipinski definition) is 0. The Bertz CT molecular complexity index is 80.0. The predicted molar refractivity (Wildman–Crippen MR) is 48.1 cm³/mol. The monoisotopic (exact) mass is 140 g/mol. The van der Waals surface area contributed by atoms with Gasteiger partial charge in [0.05, 0.1) is 0 Å². The summed E-state index contributed by atoms with van der Waals surface area (Å²) in [6, 6.07) is 0. The molecule has 0 amide bonds. The highest BCUT2D eigenvalue weighted by molar-refractivity contribution is 4.74. The molecule has 0 fully saturated rings. The largest absolute Gasteiger partial charge is 0.103 e. The molecule has 0 heterocycles. The molecule has 0 nitrogen and oxygen atoms in total. The van der Waals surface area contributed by atoms with Crippen LogP contribution in [0.15, 0.2) is 12.7 Å². The Morgan fingerprint density at radius 3 is 2.10 bits per heavy atom. The van der Waals surface area contributed by atoms with Crippen LogP contribution in [0.25, 0.3) is 0 Å². The zero-order valence-electron chi connectivity index (χ0n) is 7.56. The Balaban J connectivity index is 3.63. The van der Waals surface area contributed by atoms with Crippen molar-refractivity contribution in [3.63, 3.8) is 0 Å². The molecule has 0 spiro atoms. The number of allylic oxidation sites excluding steroid dienone is 1.